The van der Waals surface area contributed by atoms with E-state index in [-0.39, 0.29) is 0 Å². The fraction of sp³-hybridized carbons (Fsp3) is 0.357. The number of benzene rings is 1. The predicted molar refractivity (Wildman–Crippen MR) is 74.7 cm³/mol. The van der Waals surface area contributed by atoms with E-state index in [1.54, 1.807) is 6.20 Å². The van der Waals surface area contributed by atoms with Gasteiger partial charge in [-0.1, -0.05) is 25.4 Å². The first-order chi connectivity index (χ1) is 8.18. The third-order valence-electron chi connectivity index (χ3n) is 2.75. The van der Waals surface area contributed by atoms with Crippen LogP contribution in [0.2, 0.25) is 5.02 Å². The number of hydrogen-bond donors (Lipinski definition) is 1. The van der Waals surface area contributed by atoms with Gasteiger partial charge in [0.25, 0.3) is 0 Å². The Labute approximate surface area is 107 Å². The topological polar surface area (TPSA) is 24.9 Å². The number of nitrogens with zero attached hydrogens (tertiary/aromatic N) is 1. The molecule has 0 aliphatic carbocycles. The van der Waals surface area contributed by atoms with E-state index in [4.69, 9.17) is 11.6 Å². The van der Waals surface area contributed by atoms with Crippen molar-refractivity contribution >= 4 is 28.2 Å². The molecule has 3 heteroatoms. The zero-order valence-corrected chi connectivity index (χ0v) is 11.0. The third kappa shape index (κ3) is 2.89. The summed E-state index contributed by atoms with van der Waals surface area (Å²) in [5.74, 6) is 0.703. The minimum absolute atomic E-state index is 0.703. The smallest absolute Gasteiger partial charge is 0.0948 e. The first-order valence-electron chi connectivity index (χ1n) is 5.95. The zero-order valence-electron chi connectivity index (χ0n) is 10.2. The fourth-order valence-corrected chi connectivity index (χ4v) is 1.99. The second kappa shape index (κ2) is 5.37. The predicted octanol–water partition coefficient (Wildman–Crippen LogP) is 4.35. The van der Waals surface area contributed by atoms with Crippen LogP contribution in [0.25, 0.3) is 10.9 Å². The van der Waals surface area contributed by atoms with Crippen LogP contribution in [0.15, 0.2) is 30.5 Å². The Morgan fingerprint density at radius 2 is 2.12 bits per heavy atom. The van der Waals surface area contributed by atoms with Crippen LogP contribution in [0.1, 0.15) is 20.3 Å². The summed E-state index contributed by atoms with van der Waals surface area (Å²) in [5.41, 5.74) is 2.01. The summed E-state index contributed by atoms with van der Waals surface area (Å²) in [6, 6.07) is 7.83. The molecule has 0 aliphatic heterocycles. The van der Waals surface area contributed by atoms with Gasteiger partial charge in [0.15, 0.2) is 0 Å². The molecule has 0 aliphatic rings. The average molecular weight is 249 g/mol. The molecule has 17 heavy (non-hydrogen) atoms. The number of fused-ring (bicyclic) bond motifs is 1. The Balaban J connectivity index is 2.26. The summed E-state index contributed by atoms with van der Waals surface area (Å²) in [7, 11) is 0. The highest BCUT2D eigenvalue weighted by molar-refractivity contribution is 6.35. The molecule has 0 radical (unpaired) electrons. The zero-order chi connectivity index (χ0) is 12.3. The number of aromatic nitrogens is 1. The molecular formula is C14H17ClN2. The third-order valence-corrected chi connectivity index (χ3v) is 3.08. The Bertz CT molecular complexity index is 509. The largest absolute Gasteiger partial charge is 0.383 e. The summed E-state index contributed by atoms with van der Waals surface area (Å²) >= 11 is 6.15. The van der Waals surface area contributed by atoms with Crippen LogP contribution in [0.5, 0.6) is 0 Å². The van der Waals surface area contributed by atoms with Crippen LogP contribution < -0.4 is 5.32 Å². The lowest BCUT2D eigenvalue weighted by Gasteiger charge is -2.11. The number of hydrogen-bond acceptors (Lipinski definition) is 2. The van der Waals surface area contributed by atoms with E-state index in [1.165, 1.54) is 0 Å². The molecule has 0 bridgehead atoms. The molecule has 0 atom stereocenters. The fourth-order valence-electron chi connectivity index (χ4n) is 1.78. The van der Waals surface area contributed by atoms with E-state index in [0.717, 1.165) is 34.6 Å². The van der Waals surface area contributed by atoms with Gasteiger partial charge in [0.05, 0.1) is 16.2 Å². The number of nitrogens with one attached hydrogen (secondary N) is 1. The van der Waals surface area contributed by atoms with Crippen LogP contribution in [-0.2, 0) is 0 Å². The van der Waals surface area contributed by atoms with Crippen LogP contribution in [-0.4, -0.2) is 11.5 Å². The van der Waals surface area contributed by atoms with Crippen LogP contribution in [0, 0.1) is 5.92 Å². The van der Waals surface area contributed by atoms with E-state index in [1.807, 2.05) is 24.3 Å². The summed E-state index contributed by atoms with van der Waals surface area (Å²) in [4.78, 5) is 4.39. The van der Waals surface area contributed by atoms with Gasteiger partial charge < -0.3 is 5.32 Å². The maximum Gasteiger partial charge on any atom is 0.0948 e. The van der Waals surface area contributed by atoms with E-state index in [9.17, 15) is 0 Å². The van der Waals surface area contributed by atoms with Crippen molar-refractivity contribution in [2.45, 2.75) is 20.3 Å². The number of pyridine rings is 1. The minimum Gasteiger partial charge on any atom is -0.383 e. The van der Waals surface area contributed by atoms with Crippen LogP contribution in [0.3, 0.4) is 0 Å². The van der Waals surface area contributed by atoms with Crippen molar-refractivity contribution < 1.29 is 0 Å². The molecule has 0 saturated carbocycles. The molecule has 0 spiro atoms. The van der Waals surface area contributed by atoms with Gasteiger partial charge in [-0.05, 0) is 36.6 Å². The second-order valence-corrected chi connectivity index (χ2v) is 5.01. The summed E-state index contributed by atoms with van der Waals surface area (Å²) in [5, 5.41) is 5.18. The number of rotatable bonds is 4. The van der Waals surface area contributed by atoms with Gasteiger partial charge in [-0.3, -0.25) is 4.98 Å². The number of anilines is 1. The Kier molecular flexibility index (Phi) is 3.85. The Morgan fingerprint density at radius 1 is 1.29 bits per heavy atom. The van der Waals surface area contributed by atoms with Gasteiger partial charge in [0, 0.05) is 18.1 Å². The van der Waals surface area contributed by atoms with Gasteiger partial charge in [-0.25, -0.2) is 0 Å². The minimum atomic E-state index is 0.703. The van der Waals surface area contributed by atoms with E-state index in [2.05, 4.69) is 24.1 Å². The van der Waals surface area contributed by atoms with Crippen molar-refractivity contribution in [1.29, 1.82) is 0 Å². The highest BCUT2D eigenvalue weighted by Gasteiger charge is 2.05. The molecule has 1 heterocycles. The lowest BCUT2D eigenvalue weighted by Crippen LogP contribution is -2.05. The molecule has 2 nitrogen and oxygen atoms in total. The maximum atomic E-state index is 6.15. The molecule has 0 unspecified atom stereocenters. The van der Waals surface area contributed by atoms with E-state index < -0.39 is 0 Å². The first kappa shape index (κ1) is 12.2. The number of halogens is 1. The standard InChI is InChI=1S/C14H17ClN2/c1-10(2)7-9-16-13-6-5-12(15)11-4-3-8-17-14(11)13/h3-6,8,10,16H,7,9H2,1-2H3. The highest BCUT2D eigenvalue weighted by atomic mass is 35.5. The van der Waals surface area contributed by atoms with E-state index in [0.29, 0.717) is 5.92 Å². The molecular weight excluding hydrogens is 232 g/mol. The van der Waals surface area contributed by atoms with Crippen molar-refractivity contribution in [3.05, 3.63) is 35.5 Å². The molecule has 0 saturated heterocycles. The molecule has 90 valence electrons. The first-order valence-corrected chi connectivity index (χ1v) is 6.33. The molecule has 1 aromatic heterocycles. The summed E-state index contributed by atoms with van der Waals surface area (Å²) in [6.07, 6.45) is 2.95. The van der Waals surface area contributed by atoms with Crippen molar-refractivity contribution in [1.82, 2.24) is 4.98 Å². The molecule has 0 amide bonds. The molecule has 0 fully saturated rings. The van der Waals surface area contributed by atoms with Gasteiger partial charge >= 0.3 is 0 Å². The van der Waals surface area contributed by atoms with Gasteiger partial charge in [0.2, 0.25) is 0 Å². The monoisotopic (exact) mass is 248 g/mol. The lowest BCUT2D eigenvalue weighted by atomic mass is 10.1. The second-order valence-electron chi connectivity index (χ2n) is 4.60. The van der Waals surface area contributed by atoms with Gasteiger partial charge in [0.1, 0.15) is 0 Å². The van der Waals surface area contributed by atoms with E-state index >= 15 is 0 Å². The summed E-state index contributed by atoms with van der Waals surface area (Å²) in [6.45, 7) is 5.41. The highest BCUT2D eigenvalue weighted by Crippen LogP contribution is 2.27. The quantitative estimate of drug-likeness (QED) is 0.870. The lowest BCUT2D eigenvalue weighted by molar-refractivity contribution is 0.607. The Morgan fingerprint density at radius 3 is 2.88 bits per heavy atom. The van der Waals surface area contributed by atoms with Gasteiger partial charge in [-0.15, -0.1) is 0 Å². The van der Waals surface area contributed by atoms with Crippen LogP contribution in [0.4, 0.5) is 5.69 Å². The van der Waals surface area contributed by atoms with Crippen molar-refractivity contribution in [2.24, 2.45) is 5.92 Å². The normalized spacial score (nSPS) is 11.1. The van der Waals surface area contributed by atoms with Crippen molar-refractivity contribution in [3.8, 4) is 0 Å². The van der Waals surface area contributed by atoms with Crippen molar-refractivity contribution in [3.63, 3.8) is 0 Å². The molecule has 2 aromatic rings. The molecule has 1 N–H and O–H groups in total. The van der Waals surface area contributed by atoms with Gasteiger partial charge in [-0.2, -0.15) is 0 Å². The average Bonchev–Trinajstić information content (AvgIpc) is 2.32. The Hall–Kier alpha value is -1.28. The van der Waals surface area contributed by atoms with Crippen molar-refractivity contribution in [2.75, 3.05) is 11.9 Å². The SMILES string of the molecule is CC(C)CCNc1ccc(Cl)c2cccnc12. The molecule has 1 aromatic carbocycles. The summed E-state index contributed by atoms with van der Waals surface area (Å²) < 4.78 is 0. The molecule has 2 rings (SSSR count). The maximum absolute atomic E-state index is 6.15. The van der Waals surface area contributed by atoms with Crippen LogP contribution >= 0.6 is 11.6 Å².